The van der Waals surface area contributed by atoms with Crippen LogP contribution in [0.5, 0.6) is 0 Å². The number of hydrogen-bond donors (Lipinski definition) is 1. The maximum Gasteiger partial charge on any atom is 0.339 e. The van der Waals surface area contributed by atoms with Gasteiger partial charge < -0.3 is 9.72 Å². The van der Waals surface area contributed by atoms with Gasteiger partial charge in [-0.3, -0.25) is 9.97 Å². The number of halogens is 1. The van der Waals surface area contributed by atoms with E-state index in [4.69, 9.17) is 16.3 Å². The summed E-state index contributed by atoms with van der Waals surface area (Å²) in [4.78, 5) is 28.4. The van der Waals surface area contributed by atoms with Crippen LogP contribution in [0.3, 0.4) is 0 Å². The van der Waals surface area contributed by atoms with Gasteiger partial charge in [-0.2, -0.15) is 0 Å². The number of ether oxygens (including phenoxy) is 1. The van der Waals surface area contributed by atoms with Crippen LogP contribution in [-0.4, -0.2) is 33.0 Å². The molecule has 0 bridgehead atoms. The average molecular weight is 421 g/mol. The monoisotopic (exact) mass is 420 g/mol. The average Bonchev–Trinajstić information content (AvgIpc) is 3.16. The minimum absolute atomic E-state index is 0.0645. The third kappa shape index (κ3) is 3.78. The molecule has 0 radical (unpaired) electrons. The molecule has 6 nitrogen and oxygen atoms in total. The highest BCUT2D eigenvalue weighted by atomic mass is 35.5. The quantitative estimate of drug-likeness (QED) is 0.447. The van der Waals surface area contributed by atoms with Gasteiger partial charge in [-0.1, -0.05) is 38.4 Å². The zero-order valence-corrected chi connectivity index (χ0v) is 17.9. The van der Waals surface area contributed by atoms with E-state index in [1.807, 2.05) is 18.2 Å². The largest absolute Gasteiger partial charge is 0.465 e. The number of nitrogens with one attached hydrogen (secondary N) is 1. The molecule has 7 heteroatoms. The fourth-order valence-electron chi connectivity index (χ4n) is 3.15. The normalized spacial score (nSPS) is 11.6. The second kappa shape index (κ2) is 7.54. The van der Waals surface area contributed by atoms with Crippen LogP contribution in [0.25, 0.3) is 33.8 Å². The zero-order chi connectivity index (χ0) is 21.5. The first-order chi connectivity index (χ1) is 14.3. The summed E-state index contributed by atoms with van der Waals surface area (Å²) in [5, 5.41) is 0.353. The number of benzene rings is 1. The maximum atomic E-state index is 11.6. The van der Waals surface area contributed by atoms with E-state index in [-0.39, 0.29) is 5.41 Å². The van der Waals surface area contributed by atoms with Gasteiger partial charge in [0, 0.05) is 18.0 Å². The molecule has 4 rings (SSSR count). The van der Waals surface area contributed by atoms with Crippen LogP contribution in [0.15, 0.2) is 48.8 Å². The molecule has 0 fully saturated rings. The molecule has 152 valence electrons. The highest BCUT2D eigenvalue weighted by Crippen LogP contribution is 2.29. The molecule has 0 aliphatic heterocycles. The van der Waals surface area contributed by atoms with E-state index in [1.165, 1.54) is 24.9 Å². The number of aromatic nitrogens is 4. The van der Waals surface area contributed by atoms with E-state index in [9.17, 15) is 4.79 Å². The Bertz CT molecular complexity index is 1240. The lowest BCUT2D eigenvalue weighted by molar-refractivity contribution is 0.0600. The van der Waals surface area contributed by atoms with Gasteiger partial charge in [0.1, 0.15) is 5.69 Å². The molecule has 0 saturated heterocycles. The summed E-state index contributed by atoms with van der Waals surface area (Å²) in [5.74, 6) is 0.214. The maximum absolute atomic E-state index is 11.6. The van der Waals surface area contributed by atoms with E-state index >= 15 is 0 Å². The molecule has 0 aliphatic carbocycles. The molecule has 1 N–H and O–H groups in total. The number of rotatable bonds is 3. The molecule has 3 aromatic heterocycles. The van der Waals surface area contributed by atoms with E-state index < -0.39 is 5.97 Å². The molecule has 30 heavy (non-hydrogen) atoms. The van der Waals surface area contributed by atoms with Crippen molar-refractivity contribution >= 4 is 28.6 Å². The number of pyridine rings is 2. The van der Waals surface area contributed by atoms with E-state index in [2.05, 4.69) is 52.8 Å². The van der Waals surface area contributed by atoms with Crippen molar-refractivity contribution in [3.8, 4) is 22.8 Å². The predicted octanol–water partition coefficient (Wildman–Crippen LogP) is 5.42. The molecule has 4 aromatic rings. The lowest BCUT2D eigenvalue weighted by Gasteiger charge is -2.18. The molecule has 0 saturated carbocycles. The number of aromatic amines is 1. The van der Waals surface area contributed by atoms with Crippen molar-refractivity contribution in [3.05, 3.63) is 64.9 Å². The second-order valence-corrected chi connectivity index (χ2v) is 8.45. The Hall–Kier alpha value is -3.25. The van der Waals surface area contributed by atoms with Crippen molar-refractivity contribution in [3.63, 3.8) is 0 Å². The fraction of sp³-hybridized carbons (Fsp3) is 0.217. The molecular formula is C23H21ClN4O2. The van der Waals surface area contributed by atoms with E-state index in [0.29, 0.717) is 22.1 Å². The van der Waals surface area contributed by atoms with Crippen LogP contribution < -0.4 is 0 Å². The molecule has 0 aliphatic rings. The molecular weight excluding hydrogens is 400 g/mol. The third-order valence-electron chi connectivity index (χ3n) is 4.89. The summed E-state index contributed by atoms with van der Waals surface area (Å²) >= 11 is 6.31. The van der Waals surface area contributed by atoms with E-state index in [0.717, 1.165) is 22.3 Å². The molecule has 1 aromatic carbocycles. The number of hydrogen-bond acceptors (Lipinski definition) is 5. The number of fused-ring (bicyclic) bond motifs is 1. The smallest absolute Gasteiger partial charge is 0.339 e. The van der Waals surface area contributed by atoms with Crippen molar-refractivity contribution in [2.75, 3.05) is 7.11 Å². The van der Waals surface area contributed by atoms with Crippen LogP contribution in [0.2, 0.25) is 5.02 Å². The van der Waals surface area contributed by atoms with Gasteiger partial charge in [-0.05, 0) is 41.3 Å². The van der Waals surface area contributed by atoms with Crippen LogP contribution in [-0.2, 0) is 10.2 Å². The van der Waals surface area contributed by atoms with Gasteiger partial charge in [-0.25, -0.2) is 9.78 Å². The highest BCUT2D eigenvalue weighted by Gasteiger charge is 2.16. The number of imidazole rings is 1. The Balaban J connectivity index is 1.65. The summed E-state index contributed by atoms with van der Waals surface area (Å²) < 4.78 is 4.69. The molecule has 3 heterocycles. The van der Waals surface area contributed by atoms with Gasteiger partial charge in [0.25, 0.3) is 0 Å². The van der Waals surface area contributed by atoms with E-state index in [1.54, 1.807) is 6.20 Å². The Morgan fingerprint density at radius 3 is 2.50 bits per heavy atom. The number of carbonyl (C=O) groups is 1. The first-order valence-corrected chi connectivity index (χ1v) is 9.85. The van der Waals surface area contributed by atoms with Crippen LogP contribution in [0.1, 0.15) is 36.7 Å². The van der Waals surface area contributed by atoms with Gasteiger partial charge in [0.05, 0.1) is 34.4 Å². The standard InChI is InChI=1S/C23H21ClN4O2/c1-23(2,3)15-6-8-17-19(10-15)28-21(27-17)18-7-5-13(11-25-18)20-16(24)9-14(12-26-20)22(29)30-4/h5-12H,1-4H3,(H,27,28). The Morgan fingerprint density at radius 1 is 1.07 bits per heavy atom. The van der Waals surface area contributed by atoms with Gasteiger partial charge in [0.2, 0.25) is 0 Å². The third-order valence-corrected chi connectivity index (χ3v) is 5.18. The first kappa shape index (κ1) is 20.0. The minimum Gasteiger partial charge on any atom is -0.465 e. The molecule has 0 spiro atoms. The first-order valence-electron chi connectivity index (χ1n) is 9.47. The number of nitrogens with zero attached hydrogens (tertiary/aromatic N) is 3. The minimum atomic E-state index is -0.482. The number of H-pyrrole nitrogens is 1. The summed E-state index contributed by atoms with van der Waals surface area (Å²) in [5.41, 5.74) is 5.48. The number of esters is 1. The van der Waals surface area contributed by atoms with Crippen LogP contribution >= 0.6 is 11.6 Å². The topological polar surface area (TPSA) is 80.8 Å². The van der Waals surface area contributed by atoms with Crippen molar-refractivity contribution in [1.82, 2.24) is 19.9 Å². The SMILES string of the molecule is COC(=O)c1cnc(-c2ccc(-c3nc4ccc(C(C)(C)C)cc4[nH]3)nc2)c(Cl)c1. The lowest BCUT2D eigenvalue weighted by Crippen LogP contribution is -2.10. The Kier molecular flexibility index (Phi) is 5.03. The van der Waals surface area contributed by atoms with Crippen molar-refractivity contribution in [2.45, 2.75) is 26.2 Å². The van der Waals surface area contributed by atoms with Gasteiger partial charge in [-0.15, -0.1) is 0 Å². The van der Waals surface area contributed by atoms with Gasteiger partial charge >= 0.3 is 5.97 Å². The summed E-state index contributed by atoms with van der Waals surface area (Å²) in [6.45, 7) is 6.55. The number of methoxy groups -OCH3 is 1. The summed E-state index contributed by atoms with van der Waals surface area (Å²) in [6, 6.07) is 11.5. The Labute approximate surface area is 179 Å². The molecule has 0 unspecified atom stereocenters. The fourth-order valence-corrected chi connectivity index (χ4v) is 3.43. The summed E-state index contributed by atoms with van der Waals surface area (Å²) in [7, 11) is 1.31. The van der Waals surface area contributed by atoms with Crippen LogP contribution in [0, 0.1) is 0 Å². The summed E-state index contributed by atoms with van der Waals surface area (Å²) in [6.07, 6.45) is 3.13. The van der Waals surface area contributed by atoms with Crippen molar-refractivity contribution in [2.24, 2.45) is 0 Å². The van der Waals surface area contributed by atoms with Crippen molar-refractivity contribution in [1.29, 1.82) is 0 Å². The predicted molar refractivity (Wildman–Crippen MR) is 118 cm³/mol. The lowest BCUT2D eigenvalue weighted by atomic mass is 9.87. The Morgan fingerprint density at radius 2 is 1.87 bits per heavy atom. The second-order valence-electron chi connectivity index (χ2n) is 8.05. The highest BCUT2D eigenvalue weighted by molar-refractivity contribution is 6.33. The molecule has 0 amide bonds. The molecule has 0 atom stereocenters. The zero-order valence-electron chi connectivity index (χ0n) is 17.2. The van der Waals surface area contributed by atoms with Gasteiger partial charge in [0.15, 0.2) is 5.82 Å². The van der Waals surface area contributed by atoms with Crippen molar-refractivity contribution < 1.29 is 9.53 Å². The number of carbonyl (C=O) groups excluding carboxylic acids is 1. The van der Waals surface area contributed by atoms with Crippen LogP contribution in [0.4, 0.5) is 0 Å².